The Morgan fingerprint density at radius 1 is 1.12 bits per heavy atom. The molecule has 5 nitrogen and oxygen atoms in total. The van der Waals surface area contributed by atoms with Gasteiger partial charge in [0, 0.05) is 30.0 Å². The molecule has 0 aromatic heterocycles. The largest absolute Gasteiger partial charge is 0.378 e. The van der Waals surface area contributed by atoms with Crippen molar-refractivity contribution in [2.75, 3.05) is 36.5 Å². The molecular weight excluding hydrogens is 335 g/mol. The van der Waals surface area contributed by atoms with Crippen LogP contribution in [-0.2, 0) is 9.53 Å². The Hall–Kier alpha value is -2.73. The summed E-state index contributed by atoms with van der Waals surface area (Å²) in [7, 11) is 0. The number of carbonyl (C=O) groups excluding carboxylic acids is 2. The number of carbonyl (C=O) groups is 2. The fourth-order valence-corrected chi connectivity index (χ4v) is 2.91. The molecule has 0 spiro atoms. The molecular formula is C20H21FN2O3. The topological polar surface area (TPSA) is 58.6 Å². The van der Waals surface area contributed by atoms with Gasteiger partial charge in [0.1, 0.15) is 11.6 Å². The van der Waals surface area contributed by atoms with Crippen LogP contribution in [0.5, 0.6) is 0 Å². The number of nitrogens with zero attached hydrogens (tertiary/aromatic N) is 1. The fourth-order valence-electron chi connectivity index (χ4n) is 2.91. The van der Waals surface area contributed by atoms with Gasteiger partial charge in [0.05, 0.1) is 25.3 Å². The molecule has 0 aliphatic carbocycles. The van der Waals surface area contributed by atoms with E-state index >= 15 is 0 Å². The molecule has 0 amide bonds. The summed E-state index contributed by atoms with van der Waals surface area (Å²) in [4.78, 5) is 25.1. The third-order valence-corrected chi connectivity index (χ3v) is 4.18. The van der Waals surface area contributed by atoms with E-state index < -0.39 is 0 Å². The molecule has 0 unspecified atom stereocenters. The van der Waals surface area contributed by atoms with Crippen molar-refractivity contribution in [1.29, 1.82) is 0 Å². The average Bonchev–Trinajstić information content (AvgIpc) is 2.62. The minimum absolute atomic E-state index is 0.119. The lowest BCUT2D eigenvalue weighted by molar-refractivity contribution is -0.116. The Kier molecular flexibility index (Phi) is 5.63. The van der Waals surface area contributed by atoms with Crippen LogP contribution in [0.1, 0.15) is 23.7 Å². The zero-order chi connectivity index (χ0) is 18.5. The molecule has 1 heterocycles. The molecule has 0 saturated carbocycles. The van der Waals surface area contributed by atoms with Gasteiger partial charge in [-0.3, -0.25) is 9.59 Å². The van der Waals surface area contributed by atoms with Crippen molar-refractivity contribution < 1.29 is 18.7 Å². The second-order valence-electron chi connectivity index (χ2n) is 6.27. The maximum absolute atomic E-state index is 14.5. The van der Waals surface area contributed by atoms with Crippen LogP contribution in [0, 0.1) is 5.82 Å². The smallest absolute Gasteiger partial charge is 0.170 e. The first-order valence-corrected chi connectivity index (χ1v) is 8.55. The van der Waals surface area contributed by atoms with Gasteiger partial charge >= 0.3 is 0 Å². The summed E-state index contributed by atoms with van der Waals surface area (Å²) in [5.74, 6) is -0.704. The van der Waals surface area contributed by atoms with Crippen LogP contribution in [0.25, 0.3) is 0 Å². The number of morpholine rings is 1. The maximum Gasteiger partial charge on any atom is 0.170 e. The molecule has 1 saturated heterocycles. The second-order valence-corrected chi connectivity index (χ2v) is 6.27. The second kappa shape index (κ2) is 8.10. The minimum Gasteiger partial charge on any atom is -0.378 e. The van der Waals surface area contributed by atoms with Gasteiger partial charge in [-0.1, -0.05) is 12.1 Å². The molecule has 1 fully saturated rings. The Labute approximate surface area is 151 Å². The Morgan fingerprint density at radius 3 is 2.54 bits per heavy atom. The Balaban J connectivity index is 1.73. The molecule has 6 heteroatoms. The standard InChI is InChI=1S/C20H21FN2O3/c1-14(24)11-20(25)15-3-2-4-16(12-15)22-17-5-6-19(18(21)13-17)23-7-9-26-10-8-23/h2-6,12-13,22H,7-11H2,1H3. The third kappa shape index (κ3) is 4.46. The SMILES string of the molecule is CC(=O)CC(=O)c1cccc(Nc2ccc(N3CCOCC3)c(F)c2)c1. The molecule has 136 valence electrons. The van der Waals surface area contributed by atoms with Crippen molar-refractivity contribution in [2.45, 2.75) is 13.3 Å². The number of benzene rings is 2. The summed E-state index contributed by atoms with van der Waals surface area (Å²) < 4.78 is 19.8. The predicted molar refractivity (Wildman–Crippen MR) is 98.8 cm³/mol. The van der Waals surface area contributed by atoms with E-state index in [0.717, 1.165) is 0 Å². The molecule has 0 radical (unpaired) electrons. The monoisotopic (exact) mass is 356 g/mol. The van der Waals surface area contributed by atoms with E-state index in [-0.39, 0.29) is 23.8 Å². The van der Waals surface area contributed by atoms with Crippen LogP contribution in [0.2, 0.25) is 0 Å². The van der Waals surface area contributed by atoms with Gasteiger partial charge in [0.2, 0.25) is 0 Å². The first-order chi connectivity index (χ1) is 12.5. The van der Waals surface area contributed by atoms with E-state index in [0.29, 0.717) is 48.9 Å². The van der Waals surface area contributed by atoms with Crippen molar-refractivity contribution in [3.63, 3.8) is 0 Å². The molecule has 0 bridgehead atoms. The average molecular weight is 356 g/mol. The van der Waals surface area contributed by atoms with Crippen molar-refractivity contribution in [2.24, 2.45) is 0 Å². The molecule has 0 atom stereocenters. The number of anilines is 3. The van der Waals surface area contributed by atoms with Crippen molar-refractivity contribution in [3.8, 4) is 0 Å². The normalized spacial score (nSPS) is 14.2. The minimum atomic E-state index is -0.305. The van der Waals surface area contributed by atoms with Gasteiger partial charge in [-0.25, -0.2) is 4.39 Å². The summed E-state index contributed by atoms with van der Waals surface area (Å²) >= 11 is 0. The quantitative estimate of drug-likeness (QED) is 0.633. The van der Waals surface area contributed by atoms with E-state index in [1.54, 1.807) is 36.4 Å². The van der Waals surface area contributed by atoms with Gasteiger partial charge in [0.25, 0.3) is 0 Å². The van der Waals surface area contributed by atoms with Crippen LogP contribution in [-0.4, -0.2) is 37.9 Å². The van der Waals surface area contributed by atoms with Crippen LogP contribution in [0.15, 0.2) is 42.5 Å². The zero-order valence-corrected chi connectivity index (χ0v) is 14.6. The molecule has 3 rings (SSSR count). The highest BCUT2D eigenvalue weighted by Gasteiger charge is 2.15. The summed E-state index contributed by atoms with van der Waals surface area (Å²) in [6.45, 7) is 3.92. The lowest BCUT2D eigenvalue weighted by atomic mass is 10.1. The van der Waals surface area contributed by atoms with Crippen LogP contribution >= 0.6 is 0 Å². The molecule has 1 aliphatic rings. The summed E-state index contributed by atoms with van der Waals surface area (Å²) in [5.41, 5.74) is 2.27. The molecule has 2 aromatic rings. The molecule has 1 aliphatic heterocycles. The molecule has 26 heavy (non-hydrogen) atoms. The van der Waals surface area contributed by atoms with E-state index in [9.17, 15) is 14.0 Å². The molecule has 2 aromatic carbocycles. The first-order valence-electron chi connectivity index (χ1n) is 8.55. The van der Waals surface area contributed by atoms with Crippen LogP contribution < -0.4 is 10.2 Å². The number of halogens is 1. The van der Waals surface area contributed by atoms with Gasteiger partial charge in [-0.05, 0) is 37.3 Å². The Bertz CT molecular complexity index is 816. The number of nitrogens with one attached hydrogen (secondary N) is 1. The lowest BCUT2D eigenvalue weighted by Gasteiger charge is -2.29. The van der Waals surface area contributed by atoms with Crippen LogP contribution in [0.3, 0.4) is 0 Å². The summed E-state index contributed by atoms with van der Waals surface area (Å²) in [6, 6.07) is 11.8. The summed E-state index contributed by atoms with van der Waals surface area (Å²) in [5, 5.41) is 3.10. The molecule has 1 N–H and O–H groups in total. The van der Waals surface area contributed by atoms with E-state index in [1.807, 2.05) is 4.90 Å². The number of rotatable bonds is 6. The van der Waals surface area contributed by atoms with E-state index in [1.165, 1.54) is 13.0 Å². The highest BCUT2D eigenvalue weighted by molar-refractivity contribution is 6.07. The van der Waals surface area contributed by atoms with E-state index in [4.69, 9.17) is 4.74 Å². The van der Waals surface area contributed by atoms with Gasteiger partial charge in [0.15, 0.2) is 5.78 Å². The third-order valence-electron chi connectivity index (χ3n) is 4.18. The number of hydrogen-bond acceptors (Lipinski definition) is 5. The van der Waals surface area contributed by atoms with Gasteiger partial charge in [-0.2, -0.15) is 0 Å². The summed E-state index contributed by atoms with van der Waals surface area (Å²) in [6.07, 6.45) is -0.119. The highest BCUT2D eigenvalue weighted by atomic mass is 19.1. The predicted octanol–water partition coefficient (Wildman–Crippen LogP) is 3.57. The maximum atomic E-state index is 14.5. The van der Waals surface area contributed by atoms with Gasteiger partial charge < -0.3 is 15.0 Å². The fraction of sp³-hybridized carbons (Fsp3) is 0.300. The number of ketones is 2. The zero-order valence-electron chi connectivity index (χ0n) is 14.6. The first kappa shape index (κ1) is 18.1. The Morgan fingerprint density at radius 2 is 1.85 bits per heavy atom. The number of hydrogen-bond donors (Lipinski definition) is 1. The van der Waals surface area contributed by atoms with Crippen molar-refractivity contribution in [3.05, 3.63) is 53.8 Å². The van der Waals surface area contributed by atoms with Crippen molar-refractivity contribution in [1.82, 2.24) is 0 Å². The van der Waals surface area contributed by atoms with Gasteiger partial charge in [-0.15, -0.1) is 0 Å². The number of ether oxygens (including phenoxy) is 1. The van der Waals surface area contributed by atoms with Crippen LogP contribution in [0.4, 0.5) is 21.5 Å². The number of Topliss-reactive ketones (excluding diaryl/α,β-unsaturated/α-hetero) is 2. The highest BCUT2D eigenvalue weighted by Crippen LogP contribution is 2.26. The van der Waals surface area contributed by atoms with E-state index in [2.05, 4.69) is 5.32 Å². The lowest BCUT2D eigenvalue weighted by Crippen LogP contribution is -2.36. The van der Waals surface area contributed by atoms with Crippen molar-refractivity contribution >= 4 is 28.6 Å².